The normalized spacial score (nSPS) is 9.86. The van der Waals surface area contributed by atoms with Crippen molar-refractivity contribution in [1.29, 1.82) is 0 Å². The molecule has 0 spiro atoms. The van der Waals surface area contributed by atoms with Crippen molar-refractivity contribution in [3.8, 4) is 0 Å². The van der Waals surface area contributed by atoms with E-state index in [2.05, 4.69) is 5.32 Å². The summed E-state index contributed by atoms with van der Waals surface area (Å²) in [7, 11) is 0. The van der Waals surface area contributed by atoms with Crippen LogP contribution in [0.1, 0.15) is 27.6 Å². The third-order valence-corrected chi connectivity index (χ3v) is 2.92. The van der Waals surface area contributed by atoms with Crippen LogP contribution in [0.15, 0.2) is 54.6 Å². The molecule has 0 radical (unpaired) electrons. The Morgan fingerprint density at radius 2 is 1.55 bits per heavy atom. The molecule has 1 N–H and O–H groups in total. The first-order chi connectivity index (χ1) is 10.6. The molecule has 2 aromatic rings. The summed E-state index contributed by atoms with van der Waals surface area (Å²) in [5.74, 6) is -1.04. The van der Waals surface area contributed by atoms with E-state index in [1.54, 1.807) is 54.6 Å². The van der Waals surface area contributed by atoms with Gasteiger partial charge in [-0.05, 0) is 43.3 Å². The molecule has 112 valence electrons. The lowest BCUT2D eigenvalue weighted by molar-refractivity contribution is -0.119. The van der Waals surface area contributed by atoms with Crippen LogP contribution in [0.5, 0.6) is 0 Å². The largest absolute Gasteiger partial charge is 0.452 e. The molecule has 1 amide bonds. The Hall–Kier alpha value is -2.95. The highest BCUT2D eigenvalue weighted by Crippen LogP contribution is 2.10. The lowest BCUT2D eigenvalue weighted by atomic mass is 10.1. The summed E-state index contributed by atoms with van der Waals surface area (Å²) in [5.41, 5.74) is 1.49. The van der Waals surface area contributed by atoms with Gasteiger partial charge in [0.2, 0.25) is 0 Å². The first kappa shape index (κ1) is 15.4. The zero-order chi connectivity index (χ0) is 15.9. The SMILES string of the molecule is CC(=O)c1ccc(NC(=O)COC(=O)c2ccccc2)cc1. The highest BCUT2D eigenvalue weighted by atomic mass is 16.5. The second-order valence-corrected chi connectivity index (χ2v) is 4.62. The Labute approximate surface area is 127 Å². The topological polar surface area (TPSA) is 72.5 Å². The third-order valence-electron chi connectivity index (χ3n) is 2.92. The summed E-state index contributed by atoms with van der Waals surface area (Å²) in [5, 5.41) is 2.59. The van der Waals surface area contributed by atoms with Gasteiger partial charge in [-0.25, -0.2) is 4.79 Å². The maximum Gasteiger partial charge on any atom is 0.338 e. The quantitative estimate of drug-likeness (QED) is 0.680. The van der Waals surface area contributed by atoms with E-state index in [1.807, 2.05) is 0 Å². The Balaban J connectivity index is 1.85. The van der Waals surface area contributed by atoms with Crippen LogP contribution >= 0.6 is 0 Å². The molecule has 0 aliphatic heterocycles. The zero-order valence-electron chi connectivity index (χ0n) is 12.0. The van der Waals surface area contributed by atoms with Crippen molar-refractivity contribution in [1.82, 2.24) is 0 Å². The first-order valence-electron chi connectivity index (χ1n) is 6.69. The number of Topliss-reactive ketones (excluding diaryl/α,β-unsaturated/α-hetero) is 1. The van der Waals surface area contributed by atoms with Gasteiger partial charge in [0, 0.05) is 11.3 Å². The predicted octanol–water partition coefficient (Wildman–Crippen LogP) is 2.68. The predicted molar refractivity (Wildman–Crippen MR) is 81.8 cm³/mol. The average molecular weight is 297 g/mol. The monoisotopic (exact) mass is 297 g/mol. The summed E-state index contributed by atoms with van der Waals surface area (Å²) in [6.45, 7) is 1.10. The van der Waals surface area contributed by atoms with Crippen LogP contribution in [-0.2, 0) is 9.53 Å². The number of nitrogens with one attached hydrogen (secondary N) is 1. The molecule has 5 heteroatoms. The molecule has 0 heterocycles. The van der Waals surface area contributed by atoms with Crippen molar-refractivity contribution in [2.45, 2.75) is 6.92 Å². The fourth-order valence-electron chi connectivity index (χ4n) is 1.77. The molecule has 2 rings (SSSR count). The van der Waals surface area contributed by atoms with E-state index in [0.717, 1.165) is 0 Å². The second-order valence-electron chi connectivity index (χ2n) is 4.62. The van der Waals surface area contributed by atoms with Gasteiger partial charge in [0.25, 0.3) is 5.91 Å². The number of rotatable bonds is 5. The molecule has 0 saturated heterocycles. The molecule has 22 heavy (non-hydrogen) atoms. The van der Waals surface area contributed by atoms with Gasteiger partial charge in [0.15, 0.2) is 12.4 Å². The van der Waals surface area contributed by atoms with E-state index < -0.39 is 11.9 Å². The maximum absolute atomic E-state index is 11.7. The summed E-state index contributed by atoms with van der Waals surface area (Å²) in [4.78, 5) is 34.5. The molecule has 0 aliphatic carbocycles. The van der Waals surface area contributed by atoms with Crippen LogP contribution in [0, 0.1) is 0 Å². The molecular weight excluding hydrogens is 282 g/mol. The number of ether oxygens (including phenoxy) is 1. The molecular formula is C17H15NO4. The lowest BCUT2D eigenvalue weighted by Crippen LogP contribution is -2.20. The van der Waals surface area contributed by atoms with E-state index in [0.29, 0.717) is 16.8 Å². The van der Waals surface area contributed by atoms with Crippen LogP contribution in [-0.4, -0.2) is 24.3 Å². The Morgan fingerprint density at radius 3 is 2.14 bits per heavy atom. The Kier molecular flexibility index (Phi) is 5.03. The van der Waals surface area contributed by atoms with Crippen LogP contribution in [0.25, 0.3) is 0 Å². The van der Waals surface area contributed by atoms with Crippen LogP contribution < -0.4 is 5.32 Å². The van der Waals surface area contributed by atoms with Gasteiger partial charge < -0.3 is 10.1 Å². The summed E-state index contributed by atoms with van der Waals surface area (Å²) in [6.07, 6.45) is 0. The van der Waals surface area contributed by atoms with Gasteiger partial charge in [-0.1, -0.05) is 18.2 Å². The Bertz CT molecular complexity index is 678. The third kappa shape index (κ3) is 4.28. The highest BCUT2D eigenvalue weighted by molar-refractivity contribution is 5.97. The van der Waals surface area contributed by atoms with Crippen molar-refractivity contribution in [3.05, 3.63) is 65.7 Å². The van der Waals surface area contributed by atoms with Crippen molar-refractivity contribution in [3.63, 3.8) is 0 Å². The number of anilines is 1. The van der Waals surface area contributed by atoms with E-state index in [-0.39, 0.29) is 12.4 Å². The highest BCUT2D eigenvalue weighted by Gasteiger charge is 2.10. The first-order valence-corrected chi connectivity index (χ1v) is 6.69. The molecule has 0 aromatic heterocycles. The minimum atomic E-state index is -0.553. The minimum absolute atomic E-state index is 0.0466. The van der Waals surface area contributed by atoms with Gasteiger partial charge in [-0.2, -0.15) is 0 Å². The van der Waals surface area contributed by atoms with Crippen molar-refractivity contribution in [2.75, 3.05) is 11.9 Å². The van der Waals surface area contributed by atoms with Crippen LogP contribution in [0.3, 0.4) is 0 Å². The molecule has 0 atom stereocenters. The van der Waals surface area contributed by atoms with Crippen molar-refractivity contribution in [2.24, 2.45) is 0 Å². The number of ketones is 1. The summed E-state index contributed by atoms with van der Waals surface area (Å²) < 4.78 is 4.92. The molecule has 0 saturated carbocycles. The number of esters is 1. The average Bonchev–Trinajstić information content (AvgIpc) is 2.54. The smallest absolute Gasteiger partial charge is 0.338 e. The van der Waals surface area contributed by atoms with Gasteiger partial charge in [-0.15, -0.1) is 0 Å². The molecule has 5 nitrogen and oxygen atoms in total. The summed E-state index contributed by atoms with van der Waals surface area (Å²) >= 11 is 0. The van der Waals surface area contributed by atoms with E-state index in [9.17, 15) is 14.4 Å². The molecule has 2 aromatic carbocycles. The fourth-order valence-corrected chi connectivity index (χ4v) is 1.77. The molecule has 0 fully saturated rings. The Morgan fingerprint density at radius 1 is 0.909 bits per heavy atom. The standard InChI is InChI=1S/C17H15NO4/c1-12(19)13-7-9-15(10-8-13)18-16(20)11-22-17(21)14-5-3-2-4-6-14/h2-10H,11H2,1H3,(H,18,20). The number of hydrogen-bond acceptors (Lipinski definition) is 4. The number of carbonyl (C=O) groups is 3. The lowest BCUT2D eigenvalue weighted by Gasteiger charge is -2.07. The van der Waals surface area contributed by atoms with Crippen molar-refractivity contribution < 1.29 is 19.1 Å². The fraction of sp³-hybridized carbons (Fsp3) is 0.118. The molecule has 0 bridgehead atoms. The van der Waals surface area contributed by atoms with E-state index in [4.69, 9.17) is 4.74 Å². The van der Waals surface area contributed by atoms with Crippen LogP contribution in [0.4, 0.5) is 5.69 Å². The van der Waals surface area contributed by atoms with Crippen molar-refractivity contribution >= 4 is 23.3 Å². The van der Waals surface area contributed by atoms with Gasteiger partial charge >= 0.3 is 5.97 Å². The van der Waals surface area contributed by atoms with Crippen LogP contribution in [0.2, 0.25) is 0 Å². The van der Waals surface area contributed by atoms with E-state index in [1.165, 1.54) is 6.92 Å². The van der Waals surface area contributed by atoms with E-state index >= 15 is 0 Å². The summed E-state index contributed by atoms with van der Waals surface area (Å²) in [6, 6.07) is 14.9. The maximum atomic E-state index is 11.7. The number of amides is 1. The zero-order valence-corrected chi connectivity index (χ0v) is 12.0. The van der Waals surface area contributed by atoms with Gasteiger partial charge in [0.1, 0.15) is 0 Å². The molecule has 0 unspecified atom stereocenters. The number of hydrogen-bond donors (Lipinski definition) is 1. The minimum Gasteiger partial charge on any atom is -0.452 e. The second kappa shape index (κ2) is 7.17. The number of benzene rings is 2. The molecule has 0 aliphatic rings. The number of carbonyl (C=O) groups excluding carboxylic acids is 3. The van der Waals surface area contributed by atoms with Gasteiger partial charge in [-0.3, -0.25) is 9.59 Å². The van der Waals surface area contributed by atoms with Gasteiger partial charge in [0.05, 0.1) is 5.56 Å².